The molecule has 1 aromatic heterocycles. The van der Waals surface area contributed by atoms with Crippen molar-refractivity contribution in [2.24, 2.45) is 0 Å². The number of piperazine rings is 1. The molecule has 0 radical (unpaired) electrons. The summed E-state index contributed by atoms with van der Waals surface area (Å²) in [7, 11) is -4.50. The number of rotatable bonds is 6. The van der Waals surface area contributed by atoms with E-state index in [1.807, 2.05) is 36.7 Å². The van der Waals surface area contributed by atoms with Gasteiger partial charge in [-0.05, 0) is 23.3 Å². The third kappa shape index (κ3) is 6.14. The van der Waals surface area contributed by atoms with Crippen molar-refractivity contribution in [2.75, 3.05) is 31.2 Å². The summed E-state index contributed by atoms with van der Waals surface area (Å²) in [5, 5.41) is 2.27. The molecular weight excluding hydrogens is 418 g/mol. The van der Waals surface area contributed by atoms with Gasteiger partial charge in [0.25, 0.3) is 0 Å². The maximum Gasteiger partial charge on any atom is 0.446 e. The van der Waals surface area contributed by atoms with Gasteiger partial charge in [0.15, 0.2) is 12.4 Å². The smallest absolute Gasteiger partial charge is 0.362 e. The molecule has 0 bridgehead atoms. The summed E-state index contributed by atoms with van der Waals surface area (Å²) in [6.07, 6.45) is 7.93. The monoisotopic (exact) mass is 440 g/mol. The molecule has 1 saturated heterocycles. The number of nitrogens with zero attached hydrogens (tertiary/aromatic N) is 3. The average Bonchev–Trinajstić information content (AvgIpc) is 2.67. The van der Waals surface area contributed by atoms with Gasteiger partial charge in [0.2, 0.25) is 0 Å². The topological polar surface area (TPSA) is 74.0 Å². The second-order valence-corrected chi connectivity index (χ2v) is 8.67. The highest BCUT2D eigenvalue weighted by atomic mass is 32.3. The van der Waals surface area contributed by atoms with E-state index in [0.29, 0.717) is 0 Å². The van der Waals surface area contributed by atoms with Crippen LogP contribution in [0, 0.1) is 0 Å². The first-order valence-corrected chi connectivity index (χ1v) is 11.0. The number of hydrogen-bond donors (Lipinski definition) is 3. The Morgan fingerprint density at radius 1 is 0.964 bits per heavy atom. The minimum absolute atomic E-state index is 0.0201. The molecule has 0 saturated carbocycles. The van der Waals surface area contributed by atoms with Crippen LogP contribution in [-0.4, -0.2) is 48.8 Å². The van der Waals surface area contributed by atoms with Crippen LogP contribution in [0.15, 0.2) is 48.8 Å². The maximum absolute atomic E-state index is 10.7. The standard InChI is InChI=1S/C18H21N3O4S3/c22-28(23,24)25-17-5-3-15(4-6-17)1-2-16-7-9-20(10-8-16)21-13-11-19(12-14-21)18(26)27/h1-10,18H,11-14H2,(H2-,22,23,24,26,27)/p+1/b2-1+. The molecule has 7 nitrogen and oxygen atoms in total. The van der Waals surface area contributed by atoms with Gasteiger partial charge in [-0.25, -0.2) is 0 Å². The van der Waals surface area contributed by atoms with E-state index in [2.05, 4.69) is 44.0 Å². The van der Waals surface area contributed by atoms with Crippen LogP contribution in [-0.2, 0) is 10.4 Å². The third-order valence-electron chi connectivity index (χ3n) is 4.33. The van der Waals surface area contributed by atoms with E-state index >= 15 is 0 Å². The fourth-order valence-electron chi connectivity index (χ4n) is 2.85. The highest BCUT2D eigenvalue weighted by Crippen LogP contribution is 2.16. The summed E-state index contributed by atoms with van der Waals surface area (Å²) in [4.78, 5) is 2.21. The summed E-state index contributed by atoms with van der Waals surface area (Å²) >= 11 is 8.72. The molecule has 2 heterocycles. The SMILES string of the molecule is O=S(=O)(O)Oc1ccc(/C=C/c2cc[n+](N3CCN(C(S)S)CC3)cc2)cc1. The Morgan fingerprint density at radius 2 is 1.50 bits per heavy atom. The fraction of sp³-hybridized carbons (Fsp3) is 0.278. The molecule has 0 unspecified atom stereocenters. The molecule has 10 heteroatoms. The largest absolute Gasteiger partial charge is 0.446 e. The molecule has 0 spiro atoms. The molecule has 1 N–H and O–H groups in total. The van der Waals surface area contributed by atoms with Crippen molar-refractivity contribution in [1.29, 1.82) is 0 Å². The van der Waals surface area contributed by atoms with E-state index in [9.17, 15) is 8.42 Å². The molecule has 3 rings (SSSR count). The van der Waals surface area contributed by atoms with E-state index in [1.165, 1.54) is 12.1 Å². The Balaban J connectivity index is 1.58. The number of thiol groups is 2. The van der Waals surface area contributed by atoms with Crippen molar-refractivity contribution in [3.8, 4) is 5.75 Å². The van der Waals surface area contributed by atoms with Crippen LogP contribution in [0.5, 0.6) is 5.75 Å². The molecule has 0 atom stereocenters. The lowest BCUT2D eigenvalue weighted by atomic mass is 10.1. The van der Waals surface area contributed by atoms with Crippen molar-refractivity contribution in [1.82, 2.24) is 4.90 Å². The second kappa shape index (κ2) is 9.19. The van der Waals surface area contributed by atoms with E-state index in [-0.39, 0.29) is 10.5 Å². The van der Waals surface area contributed by atoms with Crippen LogP contribution in [0.1, 0.15) is 11.1 Å². The lowest BCUT2D eigenvalue weighted by molar-refractivity contribution is -0.694. The van der Waals surface area contributed by atoms with Crippen LogP contribution in [0.3, 0.4) is 0 Å². The number of aromatic nitrogens is 1. The van der Waals surface area contributed by atoms with Crippen LogP contribution in [0.2, 0.25) is 0 Å². The van der Waals surface area contributed by atoms with Gasteiger partial charge in [-0.1, -0.05) is 29.0 Å². The molecule has 1 fully saturated rings. The van der Waals surface area contributed by atoms with Gasteiger partial charge in [0.05, 0.1) is 17.8 Å². The number of benzene rings is 1. The molecule has 150 valence electrons. The molecule has 1 aliphatic heterocycles. The Labute approximate surface area is 176 Å². The first-order valence-electron chi connectivity index (χ1n) is 8.62. The second-order valence-electron chi connectivity index (χ2n) is 6.26. The van der Waals surface area contributed by atoms with Crippen LogP contribution < -0.4 is 13.9 Å². The fourth-order valence-corrected chi connectivity index (χ4v) is 3.67. The predicted molar refractivity (Wildman–Crippen MR) is 115 cm³/mol. The lowest BCUT2D eigenvalue weighted by Crippen LogP contribution is -2.64. The maximum atomic E-state index is 10.7. The van der Waals surface area contributed by atoms with Gasteiger partial charge in [-0.2, -0.15) is 13.4 Å². The van der Waals surface area contributed by atoms with Gasteiger partial charge in [-0.3, -0.25) is 9.45 Å². The van der Waals surface area contributed by atoms with Gasteiger partial charge in [-0.15, -0.1) is 25.3 Å². The molecule has 28 heavy (non-hydrogen) atoms. The van der Waals surface area contributed by atoms with Crippen LogP contribution >= 0.6 is 25.3 Å². The minimum atomic E-state index is -4.50. The molecule has 0 amide bonds. The normalized spacial score (nSPS) is 16.1. The number of hydrogen-bond acceptors (Lipinski definition) is 7. The van der Waals surface area contributed by atoms with Crippen molar-refractivity contribution in [2.45, 2.75) is 4.71 Å². The highest BCUT2D eigenvalue weighted by Gasteiger charge is 2.23. The van der Waals surface area contributed by atoms with E-state index < -0.39 is 10.4 Å². The van der Waals surface area contributed by atoms with Gasteiger partial charge in [0, 0.05) is 25.2 Å². The van der Waals surface area contributed by atoms with Gasteiger partial charge < -0.3 is 4.18 Å². The van der Waals surface area contributed by atoms with Gasteiger partial charge in [0.1, 0.15) is 5.75 Å². The highest BCUT2D eigenvalue weighted by molar-refractivity contribution is 7.99. The van der Waals surface area contributed by atoms with Crippen molar-refractivity contribution in [3.05, 3.63) is 59.9 Å². The third-order valence-corrected chi connectivity index (χ3v) is 5.39. The van der Waals surface area contributed by atoms with E-state index in [0.717, 1.165) is 37.3 Å². The lowest BCUT2D eigenvalue weighted by Gasteiger charge is -2.33. The summed E-state index contributed by atoms with van der Waals surface area (Å²) in [6, 6.07) is 10.4. The Bertz CT molecular complexity index is 908. The summed E-state index contributed by atoms with van der Waals surface area (Å²) < 4.78 is 36.5. The summed E-state index contributed by atoms with van der Waals surface area (Å²) in [5.74, 6) is 0.0580. The first-order chi connectivity index (χ1) is 13.3. The summed E-state index contributed by atoms with van der Waals surface area (Å²) in [6.45, 7) is 3.66. The zero-order chi connectivity index (χ0) is 20.1. The van der Waals surface area contributed by atoms with Crippen LogP contribution in [0.25, 0.3) is 12.2 Å². The Hall–Kier alpha value is -1.72. The van der Waals surface area contributed by atoms with E-state index in [4.69, 9.17) is 4.55 Å². The zero-order valence-corrected chi connectivity index (χ0v) is 17.6. The quantitative estimate of drug-likeness (QED) is 0.275. The van der Waals surface area contributed by atoms with Crippen molar-refractivity contribution in [3.63, 3.8) is 0 Å². The van der Waals surface area contributed by atoms with E-state index in [1.54, 1.807) is 12.1 Å². The molecule has 0 aliphatic carbocycles. The van der Waals surface area contributed by atoms with Gasteiger partial charge >= 0.3 is 10.4 Å². The minimum Gasteiger partial charge on any atom is -0.362 e. The Morgan fingerprint density at radius 3 is 2.00 bits per heavy atom. The first kappa shape index (κ1) is 21.0. The zero-order valence-electron chi connectivity index (χ0n) is 15.0. The van der Waals surface area contributed by atoms with Crippen molar-refractivity contribution >= 4 is 47.8 Å². The van der Waals surface area contributed by atoms with Crippen molar-refractivity contribution < 1.29 is 21.8 Å². The average molecular weight is 441 g/mol. The molecule has 2 aromatic rings. The summed E-state index contributed by atoms with van der Waals surface area (Å²) in [5.41, 5.74) is 1.92. The molecule has 1 aliphatic rings. The van der Waals surface area contributed by atoms with Crippen LogP contribution in [0.4, 0.5) is 0 Å². The molecule has 1 aromatic carbocycles. The molecular formula is C18H22N3O4S3+. The Kier molecular flexibility index (Phi) is 6.89. The number of pyridine rings is 1. The predicted octanol–water partition coefficient (Wildman–Crippen LogP) is 1.72.